The van der Waals surface area contributed by atoms with Crippen molar-refractivity contribution >= 4 is 16.8 Å². The normalized spacial score (nSPS) is 20.9. The predicted octanol–water partition coefficient (Wildman–Crippen LogP) is 3.17. The van der Waals surface area contributed by atoms with E-state index < -0.39 is 5.54 Å². The van der Waals surface area contributed by atoms with Gasteiger partial charge < -0.3 is 10.3 Å². The molecule has 1 amide bonds. The van der Waals surface area contributed by atoms with Crippen LogP contribution in [0.15, 0.2) is 54.7 Å². The van der Waals surface area contributed by atoms with Gasteiger partial charge in [-0.2, -0.15) is 0 Å². The minimum absolute atomic E-state index is 0.00613. The summed E-state index contributed by atoms with van der Waals surface area (Å²) in [5.74, 6) is -0.00613. The van der Waals surface area contributed by atoms with Crippen molar-refractivity contribution in [2.75, 3.05) is 0 Å². The van der Waals surface area contributed by atoms with Gasteiger partial charge in [-0.1, -0.05) is 36.4 Å². The van der Waals surface area contributed by atoms with Gasteiger partial charge in [-0.15, -0.1) is 0 Å². The fourth-order valence-corrected chi connectivity index (χ4v) is 3.18. The molecule has 1 aromatic heterocycles. The van der Waals surface area contributed by atoms with Crippen LogP contribution in [0.1, 0.15) is 28.4 Å². The number of aromatic nitrogens is 1. The number of nitrogens with one attached hydrogen (secondary N) is 2. The molecule has 2 N–H and O–H groups in total. The zero-order chi connectivity index (χ0) is 13.7. The third-order valence-corrected chi connectivity index (χ3v) is 4.20. The topological polar surface area (TPSA) is 44.9 Å². The highest BCUT2D eigenvalue weighted by Gasteiger charge is 2.41. The zero-order valence-electron chi connectivity index (χ0n) is 11.1. The summed E-state index contributed by atoms with van der Waals surface area (Å²) in [6.45, 7) is 2.06. The quantitative estimate of drug-likeness (QED) is 0.695. The van der Waals surface area contributed by atoms with Gasteiger partial charge in [0.2, 0.25) is 0 Å². The fourth-order valence-electron chi connectivity index (χ4n) is 3.18. The second kappa shape index (κ2) is 3.73. The van der Waals surface area contributed by atoms with Crippen LogP contribution in [0.3, 0.4) is 0 Å². The maximum absolute atomic E-state index is 12.2. The van der Waals surface area contributed by atoms with Crippen molar-refractivity contribution in [2.45, 2.75) is 12.5 Å². The van der Waals surface area contributed by atoms with Crippen molar-refractivity contribution in [2.24, 2.45) is 0 Å². The summed E-state index contributed by atoms with van der Waals surface area (Å²) in [7, 11) is 0. The molecule has 3 heteroatoms. The van der Waals surface area contributed by atoms with Crippen molar-refractivity contribution in [3.05, 3.63) is 71.4 Å². The van der Waals surface area contributed by atoms with Crippen LogP contribution in [0.5, 0.6) is 0 Å². The molecule has 0 bridgehead atoms. The Balaban J connectivity index is 2.01. The molecule has 0 unspecified atom stereocenters. The van der Waals surface area contributed by atoms with E-state index in [-0.39, 0.29) is 5.91 Å². The maximum Gasteiger partial charge on any atom is 0.252 e. The Morgan fingerprint density at radius 2 is 1.70 bits per heavy atom. The number of amides is 1. The van der Waals surface area contributed by atoms with Crippen molar-refractivity contribution < 1.29 is 4.79 Å². The van der Waals surface area contributed by atoms with Gasteiger partial charge in [0.1, 0.15) is 0 Å². The number of rotatable bonds is 1. The van der Waals surface area contributed by atoms with E-state index in [0.717, 1.165) is 27.6 Å². The number of fused-ring (bicyclic) bond motifs is 2. The van der Waals surface area contributed by atoms with Gasteiger partial charge in [-0.05, 0) is 24.6 Å². The van der Waals surface area contributed by atoms with Gasteiger partial charge in [0.25, 0.3) is 5.91 Å². The lowest BCUT2D eigenvalue weighted by Gasteiger charge is -2.25. The lowest BCUT2D eigenvalue weighted by molar-refractivity contribution is 0.0945. The molecule has 4 rings (SSSR count). The summed E-state index contributed by atoms with van der Waals surface area (Å²) in [5, 5.41) is 4.28. The standard InChI is InChI=1S/C17H14N2O/c1-17(13-8-4-2-7-12(13)16(20)19-17)14-10-18-15-9-5-3-6-11(14)15/h2-10,18H,1H3,(H,19,20)/t17-/m1/s1. The van der Waals surface area contributed by atoms with Crippen LogP contribution in [-0.4, -0.2) is 10.9 Å². The fraction of sp³-hybridized carbons (Fsp3) is 0.118. The first-order valence-electron chi connectivity index (χ1n) is 6.69. The Morgan fingerprint density at radius 1 is 0.950 bits per heavy atom. The number of para-hydroxylation sites is 1. The van der Waals surface area contributed by atoms with Crippen molar-refractivity contribution in [1.82, 2.24) is 10.3 Å². The van der Waals surface area contributed by atoms with Crippen LogP contribution in [0, 0.1) is 0 Å². The first-order valence-corrected chi connectivity index (χ1v) is 6.69. The molecular formula is C17H14N2O. The average Bonchev–Trinajstić information content (AvgIpc) is 3.01. The van der Waals surface area contributed by atoms with Crippen molar-refractivity contribution in [1.29, 1.82) is 0 Å². The smallest absolute Gasteiger partial charge is 0.252 e. The highest BCUT2D eigenvalue weighted by molar-refractivity contribution is 6.01. The summed E-state index contributed by atoms with van der Waals surface area (Å²) in [6.07, 6.45) is 1.99. The second-order valence-electron chi connectivity index (χ2n) is 5.37. The van der Waals surface area contributed by atoms with Gasteiger partial charge in [0, 0.05) is 28.2 Å². The molecule has 20 heavy (non-hydrogen) atoms. The van der Waals surface area contributed by atoms with Crippen LogP contribution < -0.4 is 5.32 Å². The molecule has 1 aliphatic heterocycles. The van der Waals surface area contributed by atoms with Gasteiger partial charge in [0.05, 0.1) is 5.54 Å². The number of carbonyl (C=O) groups is 1. The molecule has 0 saturated carbocycles. The third-order valence-electron chi connectivity index (χ3n) is 4.20. The van der Waals surface area contributed by atoms with Crippen LogP contribution in [0.25, 0.3) is 10.9 Å². The number of aromatic amines is 1. The monoisotopic (exact) mass is 262 g/mol. The maximum atomic E-state index is 12.2. The first-order chi connectivity index (χ1) is 9.70. The van der Waals surface area contributed by atoms with Crippen molar-refractivity contribution in [3.8, 4) is 0 Å². The van der Waals surface area contributed by atoms with Crippen LogP contribution in [0.2, 0.25) is 0 Å². The van der Waals surface area contributed by atoms with E-state index in [2.05, 4.69) is 23.3 Å². The molecule has 2 aromatic carbocycles. The van der Waals surface area contributed by atoms with E-state index in [9.17, 15) is 4.79 Å². The van der Waals surface area contributed by atoms with E-state index in [1.807, 2.05) is 48.7 Å². The number of benzene rings is 2. The molecule has 0 radical (unpaired) electrons. The number of H-pyrrole nitrogens is 1. The number of hydrogen-bond donors (Lipinski definition) is 2. The van der Waals surface area contributed by atoms with E-state index in [0.29, 0.717) is 0 Å². The predicted molar refractivity (Wildman–Crippen MR) is 78.7 cm³/mol. The number of carbonyl (C=O) groups excluding carboxylic acids is 1. The lowest BCUT2D eigenvalue weighted by atomic mass is 9.85. The van der Waals surface area contributed by atoms with Gasteiger partial charge in [-0.3, -0.25) is 4.79 Å². The van der Waals surface area contributed by atoms with Gasteiger partial charge in [-0.25, -0.2) is 0 Å². The molecule has 0 fully saturated rings. The summed E-state index contributed by atoms with van der Waals surface area (Å²) in [4.78, 5) is 15.5. The Bertz CT molecular complexity index is 834. The van der Waals surface area contributed by atoms with E-state index in [4.69, 9.17) is 0 Å². The summed E-state index contributed by atoms with van der Waals surface area (Å²) < 4.78 is 0. The summed E-state index contributed by atoms with van der Waals surface area (Å²) >= 11 is 0. The molecule has 98 valence electrons. The number of hydrogen-bond acceptors (Lipinski definition) is 1. The molecule has 1 aliphatic rings. The third kappa shape index (κ3) is 1.32. The first kappa shape index (κ1) is 11.3. The Kier molecular flexibility index (Phi) is 2.11. The second-order valence-corrected chi connectivity index (χ2v) is 5.37. The average molecular weight is 262 g/mol. The minimum Gasteiger partial charge on any atom is -0.361 e. The summed E-state index contributed by atoms with van der Waals surface area (Å²) in [5.41, 5.74) is 3.51. The summed E-state index contributed by atoms with van der Waals surface area (Å²) in [6, 6.07) is 15.9. The van der Waals surface area contributed by atoms with Crippen molar-refractivity contribution in [3.63, 3.8) is 0 Å². The zero-order valence-corrected chi connectivity index (χ0v) is 11.1. The largest absolute Gasteiger partial charge is 0.361 e. The van der Waals surface area contributed by atoms with Crippen LogP contribution in [-0.2, 0) is 5.54 Å². The molecule has 2 heterocycles. The molecule has 0 spiro atoms. The molecule has 3 aromatic rings. The van der Waals surface area contributed by atoms with Crippen LogP contribution >= 0.6 is 0 Å². The molecule has 0 aliphatic carbocycles. The van der Waals surface area contributed by atoms with E-state index >= 15 is 0 Å². The minimum atomic E-state index is -0.479. The van der Waals surface area contributed by atoms with Crippen LogP contribution in [0.4, 0.5) is 0 Å². The highest BCUT2D eigenvalue weighted by Crippen LogP contribution is 2.39. The highest BCUT2D eigenvalue weighted by atomic mass is 16.2. The Labute approximate surface area is 116 Å². The SMILES string of the molecule is C[C@@]1(c2c[nH]c3ccccc23)NC(=O)c2ccccc21. The van der Waals surface area contributed by atoms with Gasteiger partial charge in [0.15, 0.2) is 0 Å². The molecular weight excluding hydrogens is 248 g/mol. The van der Waals surface area contributed by atoms with E-state index in [1.165, 1.54) is 0 Å². The molecule has 1 atom stereocenters. The molecule has 3 nitrogen and oxygen atoms in total. The molecule has 0 saturated heterocycles. The van der Waals surface area contributed by atoms with E-state index in [1.54, 1.807) is 0 Å². The Hall–Kier alpha value is -2.55. The lowest BCUT2D eigenvalue weighted by Crippen LogP contribution is -2.37. The van der Waals surface area contributed by atoms with Gasteiger partial charge >= 0.3 is 0 Å². The Morgan fingerprint density at radius 3 is 2.60 bits per heavy atom.